The van der Waals surface area contributed by atoms with Gasteiger partial charge in [-0.1, -0.05) is 58.0 Å². The first-order valence-electron chi connectivity index (χ1n) is 3.67. The Morgan fingerprint density at radius 2 is 1.69 bits per heavy atom. The van der Waals surface area contributed by atoms with Crippen LogP contribution in [0.2, 0.25) is 0 Å². The van der Waals surface area contributed by atoms with Crippen molar-refractivity contribution in [3.8, 4) is 0 Å². The Bertz CT molecular complexity index is 340. The molecule has 1 atom stereocenters. The Morgan fingerprint density at radius 1 is 1.19 bits per heavy atom. The van der Waals surface area contributed by atoms with Crippen LogP contribution in [0.4, 0.5) is 0 Å². The highest BCUT2D eigenvalue weighted by Gasteiger charge is 2.18. The number of carboxylic acid groups (broad SMARTS) is 1. The summed E-state index contributed by atoms with van der Waals surface area (Å²) < 4.78 is -0.274. The van der Waals surface area contributed by atoms with Gasteiger partial charge < -0.3 is 10.4 Å². The minimum atomic E-state index is -1.13. The fraction of sp³-hybridized carbons (Fsp3) is 0.286. The highest BCUT2D eigenvalue weighted by molar-refractivity contribution is 7.80. The minimum absolute atomic E-state index is 0.0195. The molecule has 1 unspecified atom stereocenters. The highest BCUT2D eigenvalue weighted by atomic mass is 35.5. The average molecular weight is 345 g/mol. The topological polar surface area (TPSA) is 49.3 Å². The van der Waals surface area contributed by atoms with Gasteiger partial charge in [-0.3, -0.25) is 0 Å². The zero-order valence-corrected chi connectivity index (χ0v) is 12.2. The molecule has 0 saturated carbocycles. The van der Waals surface area contributed by atoms with Crippen molar-refractivity contribution in [1.82, 2.24) is 5.32 Å². The number of aliphatic carboxylic acids is 1. The number of carbonyl (C=O) groups is 1. The molecule has 0 aromatic heterocycles. The van der Waals surface area contributed by atoms with E-state index in [1.807, 2.05) is 0 Å². The third kappa shape index (κ3) is 5.25. The molecule has 0 amide bonds. The molecule has 0 aromatic rings. The normalized spacial score (nSPS) is 13.9. The van der Waals surface area contributed by atoms with Crippen molar-refractivity contribution in [3.05, 3.63) is 19.7 Å². The predicted octanol–water partition coefficient (Wildman–Crippen LogP) is 3.49. The van der Waals surface area contributed by atoms with Crippen LogP contribution in [0.25, 0.3) is 0 Å². The summed E-state index contributed by atoms with van der Waals surface area (Å²) in [4.78, 5) is 10.7. The fourth-order valence-corrected chi connectivity index (χ4v) is 1.63. The second-order valence-electron chi connectivity index (χ2n) is 2.42. The van der Waals surface area contributed by atoms with Crippen molar-refractivity contribution in [2.45, 2.75) is 6.04 Å². The predicted molar refractivity (Wildman–Crippen MR) is 71.7 cm³/mol. The molecule has 0 aliphatic carbocycles. The maximum absolute atomic E-state index is 10.7. The standard InChI is InChI=1S/C7H6Cl5NO2S/c8-3(5(10)11)4(9)6(12)13-2(1-16)7(14)15/h2,13,16H,1H2,(H,14,15). The highest BCUT2D eigenvalue weighted by Crippen LogP contribution is 2.30. The Labute approximate surface area is 123 Å². The lowest BCUT2D eigenvalue weighted by atomic mass is 10.3. The first kappa shape index (κ1) is 16.6. The smallest absolute Gasteiger partial charge is 0.327 e. The van der Waals surface area contributed by atoms with Crippen molar-refractivity contribution < 1.29 is 9.90 Å². The third-order valence-electron chi connectivity index (χ3n) is 1.33. The molecule has 3 nitrogen and oxygen atoms in total. The number of rotatable bonds is 5. The average Bonchev–Trinajstić information content (AvgIpc) is 2.22. The Balaban J connectivity index is 4.92. The summed E-state index contributed by atoms with van der Waals surface area (Å²) in [5.74, 6) is -1.11. The fourth-order valence-electron chi connectivity index (χ4n) is 0.581. The van der Waals surface area contributed by atoms with Crippen molar-refractivity contribution in [3.63, 3.8) is 0 Å². The van der Waals surface area contributed by atoms with E-state index in [1.165, 1.54) is 0 Å². The van der Waals surface area contributed by atoms with Gasteiger partial charge in [0.25, 0.3) is 0 Å². The van der Waals surface area contributed by atoms with E-state index >= 15 is 0 Å². The third-order valence-corrected chi connectivity index (χ3v) is 3.52. The van der Waals surface area contributed by atoms with Gasteiger partial charge in [-0.05, 0) is 0 Å². The van der Waals surface area contributed by atoms with Gasteiger partial charge in [0.1, 0.15) is 15.7 Å². The molecular weight excluding hydrogens is 339 g/mol. The van der Waals surface area contributed by atoms with E-state index in [4.69, 9.17) is 63.1 Å². The molecule has 0 rings (SSSR count). The molecule has 0 fully saturated rings. The first-order valence-corrected chi connectivity index (χ1v) is 6.20. The van der Waals surface area contributed by atoms with Crippen LogP contribution < -0.4 is 5.32 Å². The lowest BCUT2D eigenvalue weighted by molar-refractivity contribution is -0.138. The number of thiol groups is 1. The maximum atomic E-state index is 10.7. The van der Waals surface area contributed by atoms with E-state index in [2.05, 4.69) is 17.9 Å². The van der Waals surface area contributed by atoms with Crippen molar-refractivity contribution >= 4 is 76.6 Å². The second kappa shape index (κ2) is 7.80. The van der Waals surface area contributed by atoms with Crippen LogP contribution in [0.5, 0.6) is 0 Å². The van der Waals surface area contributed by atoms with Gasteiger partial charge in [0, 0.05) is 5.75 Å². The molecule has 16 heavy (non-hydrogen) atoms. The van der Waals surface area contributed by atoms with Crippen molar-refractivity contribution in [1.29, 1.82) is 0 Å². The van der Waals surface area contributed by atoms with Crippen LogP contribution in [0.1, 0.15) is 0 Å². The summed E-state index contributed by atoms with van der Waals surface area (Å²) in [5, 5.41) is 10.6. The number of halogens is 5. The van der Waals surface area contributed by atoms with Gasteiger partial charge in [0.2, 0.25) is 0 Å². The van der Waals surface area contributed by atoms with Gasteiger partial charge in [-0.15, -0.1) is 0 Å². The van der Waals surface area contributed by atoms with Gasteiger partial charge >= 0.3 is 5.97 Å². The molecular formula is C7H6Cl5NO2S. The summed E-state index contributed by atoms with van der Waals surface area (Å²) in [7, 11) is 0. The van der Waals surface area contributed by atoms with Gasteiger partial charge in [0.15, 0.2) is 0 Å². The van der Waals surface area contributed by atoms with Gasteiger partial charge in [-0.25, -0.2) is 4.79 Å². The summed E-state index contributed by atoms with van der Waals surface area (Å²) in [5.41, 5.74) is 0. The lowest BCUT2D eigenvalue weighted by Crippen LogP contribution is -2.36. The van der Waals surface area contributed by atoms with Crippen LogP contribution in [-0.2, 0) is 4.79 Å². The van der Waals surface area contributed by atoms with Crippen LogP contribution in [0.3, 0.4) is 0 Å². The molecule has 0 aliphatic heterocycles. The quantitative estimate of drug-likeness (QED) is 0.406. The summed E-state index contributed by atoms with van der Waals surface area (Å²) in [6, 6.07) is -0.997. The largest absolute Gasteiger partial charge is 0.480 e. The van der Waals surface area contributed by atoms with Crippen LogP contribution in [0, 0.1) is 0 Å². The number of hydrogen-bond donors (Lipinski definition) is 3. The van der Waals surface area contributed by atoms with E-state index in [1.54, 1.807) is 0 Å². The number of hydrogen-bond acceptors (Lipinski definition) is 3. The maximum Gasteiger partial charge on any atom is 0.327 e. The summed E-state index contributed by atoms with van der Waals surface area (Å²) in [6.45, 7) is 0. The Morgan fingerprint density at radius 3 is 2.00 bits per heavy atom. The van der Waals surface area contributed by atoms with E-state index in [0.717, 1.165) is 0 Å². The monoisotopic (exact) mass is 343 g/mol. The number of allylic oxidation sites excluding steroid dienone is 2. The molecule has 0 aromatic carbocycles. The number of nitrogens with one attached hydrogen (secondary N) is 1. The van der Waals surface area contributed by atoms with Crippen LogP contribution >= 0.6 is 70.6 Å². The molecule has 0 heterocycles. The minimum Gasteiger partial charge on any atom is -0.480 e. The van der Waals surface area contributed by atoms with E-state index < -0.39 is 12.0 Å². The van der Waals surface area contributed by atoms with E-state index in [-0.39, 0.29) is 25.5 Å². The lowest BCUT2D eigenvalue weighted by Gasteiger charge is -2.13. The Kier molecular flexibility index (Phi) is 8.06. The first-order chi connectivity index (χ1) is 7.31. The molecule has 9 heteroatoms. The summed E-state index contributed by atoms with van der Waals surface area (Å²) in [6.07, 6.45) is 0. The van der Waals surface area contributed by atoms with Gasteiger partial charge in [-0.2, -0.15) is 12.6 Å². The molecule has 0 aliphatic rings. The summed E-state index contributed by atoms with van der Waals surface area (Å²) >= 11 is 31.6. The molecule has 92 valence electrons. The Hall–Kier alpha value is 0.550. The SMILES string of the molecule is O=C(O)C(CS)NC(Cl)=C(Cl)C(Cl)=C(Cl)Cl. The molecule has 0 radical (unpaired) electrons. The molecule has 2 N–H and O–H groups in total. The second-order valence-corrected chi connectivity index (χ2v) is 4.87. The molecule has 0 spiro atoms. The zero-order chi connectivity index (χ0) is 12.9. The van der Waals surface area contributed by atoms with E-state index in [9.17, 15) is 4.79 Å². The van der Waals surface area contributed by atoms with Crippen LogP contribution in [0.15, 0.2) is 19.7 Å². The van der Waals surface area contributed by atoms with Crippen LogP contribution in [-0.4, -0.2) is 22.9 Å². The molecule has 0 bridgehead atoms. The zero-order valence-electron chi connectivity index (χ0n) is 7.48. The van der Waals surface area contributed by atoms with Gasteiger partial charge in [0.05, 0.1) is 10.1 Å². The van der Waals surface area contributed by atoms with E-state index in [0.29, 0.717) is 0 Å². The van der Waals surface area contributed by atoms with Crippen molar-refractivity contribution in [2.75, 3.05) is 5.75 Å². The molecule has 0 saturated heterocycles. The number of carboxylic acids is 1. The van der Waals surface area contributed by atoms with Crippen molar-refractivity contribution in [2.24, 2.45) is 0 Å².